The van der Waals surface area contributed by atoms with Crippen molar-refractivity contribution < 1.29 is 4.79 Å². The zero-order valence-corrected chi connectivity index (χ0v) is 21.5. The van der Waals surface area contributed by atoms with Crippen LogP contribution in [0.2, 0.25) is 0 Å². The summed E-state index contributed by atoms with van der Waals surface area (Å²) >= 11 is 0. The second-order valence-corrected chi connectivity index (χ2v) is 10.2. The molecule has 9 nitrogen and oxygen atoms in total. The summed E-state index contributed by atoms with van der Waals surface area (Å²) in [5.41, 5.74) is 4.43. The predicted molar refractivity (Wildman–Crippen MR) is 148 cm³/mol. The molecule has 2 aliphatic rings. The third kappa shape index (κ3) is 4.24. The second-order valence-electron chi connectivity index (χ2n) is 10.2. The SMILES string of the molecule is C[C@@H]1C(=O)N(c2cccc(N(C)C)c2)c2cnc(Nc3ccc4[nH]ncc4c3)nc2N1C1CCCCC1. The van der Waals surface area contributed by atoms with Gasteiger partial charge in [0.15, 0.2) is 5.82 Å². The first-order valence-electron chi connectivity index (χ1n) is 13.0. The van der Waals surface area contributed by atoms with E-state index in [1.807, 2.05) is 68.4 Å². The van der Waals surface area contributed by atoms with Crippen molar-refractivity contribution in [3.63, 3.8) is 0 Å². The molecule has 37 heavy (non-hydrogen) atoms. The number of rotatable bonds is 5. The fourth-order valence-electron chi connectivity index (χ4n) is 5.56. The minimum Gasteiger partial charge on any atom is -0.378 e. The van der Waals surface area contributed by atoms with Gasteiger partial charge in [0.05, 0.1) is 23.6 Å². The summed E-state index contributed by atoms with van der Waals surface area (Å²) in [6.45, 7) is 2.00. The Balaban J connectivity index is 1.43. The van der Waals surface area contributed by atoms with Gasteiger partial charge in [0.2, 0.25) is 5.95 Å². The minimum atomic E-state index is -0.330. The van der Waals surface area contributed by atoms with Crippen LogP contribution in [-0.4, -0.2) is 52.3 Å². The van der Waals surface area contributed by atoms with Crippen molar-refractivity contribution in [2.24, 2.45) is 0 Å². The first-order chi connectivity index (χ1) is 18.0. The van der Waals surface area contributed by atoms with E-state index in [2.05, 4.69) is 25.4 Å². The maximum atomic E-state index is 13.9. The Morgan fingerprint density at radius 1 is 1.05 bits per heavy atom. The molecule has 4 aromatic rings. The van der Waals surface area contributed by atoms with E-state index in [-0.39, 0.29) is 18.0 Å². The topological polar surface area (TPSA) is 93.3 Å². The van der Waals surface area contributed by atoms with Crippen molar-refractivity contribution in [3.05, 3.63) is 54.9 Å². The quantitative estimate of drug-likeness (QED) is 0.384. The van der Waals surface area contributed by atoms with E-state index in [0.29, 0.717) is 5.95 Å². The molecule has 2 N–H and O–H groups in total. The number of aromatic nitrogens is 4. The Bertz CT molecular complexity index is 1440. The number of hydrogen-bond donors (Lipinski definition) is 2. The normalized spacial score (nSPS) is 18.2. The highest BCUT2D eigenvalue weighted by Crippen LogP contribution is 2.43. The molecule has 1 saturated carbocycles. The van der Waals surface area contributed by atoms with Gasteiger partial charge in [0.25, 0.3) is 5.91 Å². The number of anilines is 6. The van der Waals surface area contributed by atoms with Gasteiger partial charge in [0, 0.05) is 36.9 Å². The first-order valence-corrected chi connectivity index (χ1v) is 13.0. The second kappa shape index (κ2) is 9.38. The Hall–Kier alpha value is -4.14. The number of fused-ring (bicyclic) bond motifs is 2. The van der Waals surface area contributed by atoms with Gasteiger partial charge < -0.3 is 15.1 Å². The van der Waals surface area contributed by atoms with Crippen LogP contribution in [0.4, 0.5) is 34.5 Å². The van der Waals surface area contributed by atoms with Crippen LogP contribution in [0.25, 0.3) is 10.9 Å². The number of amides is 1. The molecule has 1 aliphatic heterocycles. The van der Waals surface area contributed by atoms with Crippen molar-refractivity contribution in [2.45, 2.75) is 51.1 Å². The van der Waals surface area contributed by atoms with E-state index < -0.39 is 0 Å². The molecular formula is C28H32N8O. The average molecular weight is 497 g/mol. The van der Waals surface area contributed by atoms with E-state index >= 15 is 0 Å². The third-order valence-corrected chi connectivity index (χ3v) is 7.50. The molecule has 0 radical (unpaired) electrons. The highest BCUT2D eigenvalue weighted by Gasteiger charge is 2.41. The predicted octanol–water partition coefficient (Wildman–Crippen LogP) is 5.37. The van der Waals surface area contributed by atoms with Gasteiger partial charge in [0.1, 0.15) is 11.7 Å². The molecule has 3 heterocycles. The number of nitrogens with one attached hydrogen (secondary N) is 2. The molecule has 9 heteroatoms. The molecular weight excluding hydrogens is 464 g/mol. The average Bonchev–Trinajstić information content (AvgIpc) is 3.38. The van der Waals surface area contributed by atoms with Crippen LogP contribution in [0.1, 0.15) is 39.0 Å². The van der Waals surface area contributed by atoms with E-state index in [0.717, 1.165) is 52.3 Å². The van der Waals surface area contributed by atoms with Crippen LogP contribution < -0.4 is 20.0 Å². The number of carbonyl (C=O) groups is 1. The fourth-order valence-corrected chi connectivity index (χ4v) is 5.56. The highest BCUT2D eigenvalue weighted by atomic mass is 16.2. The molecule has 0 bridgehead atoms. The van der Waals surface area contributed by atoms with Crippen LogP contribution in [-0.2, 0) is 4.79 Å². The zero-order valence-electron chi connectivity index (χ0n) is 21.5. The van der Waals surface area contributed by atoms with E-state index in [4.69, 9.17) is 4.98 Å². The van der Waals surface area contributed by atoms with Gasteiger partial charge in [-0.05, 0) is 56.2 Å². The smallest absolute Gasteiger partial charge is 0.254 e. The van der Waals surface area contributed by atoms with Gasteiger partial charge in [-0.25, -0.2) is 4.98 Å². The highest BCUT2D eigenvalue weighted by molar-refractivity contribution is 6.10. The van der Waals surface area contributed by atoms with Crippen LogP contribution in [0.3, 0.4) is 0 Å². The van der Waals surface area contributed by atoms with E-state index in [1.165, 1.54) is 19.3 Å². The van der Waals surface area contributed by atoms with Gasteiger partial charge in [-0.1, -0.05) is 25.3 Å². The molecule has 1 atom stereocenters. The van der Waals surface area contributed by atoms with Gasteiger partial charge in [-0.3, -0.25) is 14.8 Å². The van der Waals surface area contributed by atoms with Crippen molar-refractivity contribution in [1.82, 2.24) is 20.2 Å². The monoisotopic (exact) mass is 496 g/mol. The standard InChI is InChI=1S/C28H32N8O/c1-18-27(37)36(23-11-7-10-22(15-23)34(2)3)25-17-29-28(31-20-12-13-24-19(14-20)16-30-33-24)32-26(25)35(18)21-8-5-4-6-9-21/h7,10-18,21H,4-6,8-9H2,1-3H3,(H,30,33)(H,29,31,32)/t18-/m1/s1. The first kappa shape index (κ1) is 23.3. The van der Waals surface area contributed by atoms with Crippen LogP contribution in [0.5, 0.6) is 0 Å². The zero-order chi connectivity index (χ0) is 25.5. The lowest BCUT2D eigenvalue weighted by Gasteiger charge is -2.45. The molecule has 0 spiro atoms. The number of aromatic amines is 1. The Morgan fingerprint density at radius 3 is 2.70 bits per heavy atom. The van der Waals surface area contributed by atoms with E-state index in [1.54, 1.807) is 17.3 Å². The number of benzene rings is 2. The minimum absolute atomic E-state index is 0.0451. The van der Waals surface area contributed by atoms with Crippen LogP contribution >= 0.6 is 0 Å². The summed E-state index contributed by atoms with van der Waals surface area (Å²) in [5.74, 6) is 1.35. The molecule has 190 valence electrons. The van der Waals surface area contributed by atoms with Crippen molar-refractivity contribution in [1.29, 1.82) is 0 Å². The maximum absolute atomic E-state index is 13.9. The Kier molecular flexibility index (Phi) is 5.90. The summed E-state index contributed by atoms with van der Waals surface area (Å²) in [6.07, 6.45) is 9.30. The number of nitrogens with zero attached hydrogens (tertiary/aromatic N) is 6. The van der Waals surface area contributed by atoms with Crippen LogP contribution in [0.15, 0.2) is 54.9 Å². The molecule has 1 amide bonds. The van der Waals surface area contributed by atoms with Crippen molar-refractivity contribution in [2.75, 3.05) is 34.1 Å². The molecule has 0 unspecified atom stereocenters. The molecule has 0 saturated heterocycles. The maximum Gasteiger partial charge on any atom is 0.254 e. The third-order valence-electron chi connectivity index (χ3n) is 7.50. The van der Waals surface area contributed by atoms with Gasteiger partial charge in [-0.15, -0.1) is 0 Å². The summed E-state index contributed by atoms with van der Waals surface area (Å²) < 4.78 is 0. The molecule has 2 aromatic heterocycles. The Labute approximate surface area is 216 Å². The summed E-state index contributed by atoms with van der Waals surface area (Å²) in [6, 6.07) is 14.0. The molecule has 1 fully saturated rings. The fraction of sp³-hybridized carbons (Fsp3) is 0.357. The molecule has 1 aliphatic carbocycles. The lowest BCUT2D eigenvalue weighted by atomic mass is 9.92. The Morgan fingerprint density at radius 2 is 1.89 bits per heavy atom. The lowest BCUT2D eigenvalue weighted by molar-refractivity contribution is -0.119. The van der Waals surface area contributed by atoms with Crippen LogP contribution in [0, 0.1) is 0 Å². The molecule has 2 aromatic carbocycles. The number of carbonyl (C=O) groups excluding carboxylic acids is 1. The van der Waals surface area contributed by atoms with Crippen molar-refractivity contribution >= 4 is 51.3 Å². The number of H-pyrrole nitrogens is 1. The largest absolute Gasteiger partial charge is 0.378 e. The van der Waals surface area contributed by atoms with Gasteiger partial charge in [-0.2, -0.15) is 10.1 Å². The lowest BCUT2D eigenvalue weighted by Crippen LogP contribution is -2.55. The van der Waals surface area contributed by atoms with Gasteiger partial charge >= 0.3 is 0 Å². The van der Waals surface area contributed by atoms with E-state index in [9.17, 15) is 4.79 Å². The summed E-state index contributed by atoms with van der Waals surface area (Å²) in [7, 11) is 4.00. The van der Waals surface area contributed by atoms with Crippen molar-refractivity contribution in [3.8, 4) is 0 Å². The summed E-state index contributed by atoms with van der Waals surface area (Å²) in [4.78, 5) is 29.6. The molecule has 6 rings (SSSR count). The number of hydrogen-bond acceptors (Lipinski definition) is 7. The summed E-state index contributed by atoms with van der Waals surface area (Å²) in [5, 5.41) is 11.5.